The molecule has 2 N–H and O–H groups in total. The van der Waals surface area contributed by atoms with Crippen molar-refractivity contribution in [3.8, 4) is 11.3 Å². The Morgan fingerprint density at radius 1 is 1.10 bits per heavy atom. The Labute approximate surface area is 170 Å². The maximum Gasteiger partial charge on any atom is 0.226 e. The number of anilines is 2. The van der Waals surface area contributed by atoms with E-state index in [0.717, 1.165) is 55.9 Å². The number of nitrogen functional groups attached to an aromatic ring is 1. The van der Waals surface area contributed by atoms with Gasteiger partial charge in [0.15, 0.2) is 0 Å². The van der Waals surface area contributed by atoms with E-state index < -0.39 is 0 Å². The molecule has 5 aliphatic rings. The molecule has 8 heteroatoms. The van der Waals surface area contributed by atoms with E-state index in [9.17, 15) is 0 Å². The summed E-state index contributed by atoms with van der Waals surface area (Å²) in [6, 6.07) is 2.77. The molecule has 0 amide bonds. The highest BCUT2D eigenvalue weighted by Crippen LogP contribution is 2.58. The Bertz CT molecular complexity index is 902. The number of nitrogens with zero attached hydrogens (tertiary/aromatic N) is 6. The highest BCUT2D eigenvalue weighted by molar-refractivity contribution is 5.60. The third-order valence-electron chi connectivity index (χ3n) is 7.29. The van der Waals surface area contributed by atoms with Crippen molar-refractivity contribution in [2.75, 3.05) is 50.5 Å². The van der Waals surface area contributed by atoms with E-state index >= 15 is 0 Å². The van der Waals surface area contributed by atoms with Crippen molar-refractivity contribution in [3.05, 3.63) is 24.2 Å². The van der Waals surface area contributed by atoms with Crippen LogP contribution in [0.3, 0.4) is 0 Å². The van der Waals surface area contributed by atoms with Crippen LogP contribution in [-0.4, -0.2) is 70.8 Å². The summed E-state index contributed by atoms with van der Waals surface area (Å²) in [6.45, 7) is 5.21. The SMILES string of the molecule is COCCN1CC2C(C1)C2c1cc(-c2cnc(N)nc2)nc(N2CC3CC2C3)n1. The summed E-state index contributed by atoms with van der Waals surface area (Å²) in [6.07, 6.45) is 6.11. The molecule has 0 spiro atoms. The molecule has 7 rings (SSSR count). The molecule has 2 bridgehead atoms. The van der Waals surface area contributed by atoms with Crippen LogP contribution in [0, 0.1) is 17.8 Å². The predicted octanol–water partition coefficient (Wildman–Crippen LogP) is 1.41. The van der Waals surface area contributed by atoms with Gasteiger partial charge in [-0.2, -0.15) is 0 Å². The Hall–Kier alpha value is -2.32. The fourth-order valence-electron chi connectivity index (χ4n) is 5.60. The predicted molar refractivity (Wildman–Crippen MR) is 109 cm³/mol. The number of piperidine rings is 1. The highest BCUT2D eigenvalue weighted by atomic mass is 16.5. The molecule has 2 aromatic heterocycles. The molecule has 2 atom stereocenters. The summed E-state index contributed by atoms with van der Waals surface area (Å²) >= 11 is 0. The van der Waals surface area contributed by atoms with Gasteiger partial charge in [0.05, 0.1) is 18.0 Å². The molecule has 0 aromatic carbocycles. The highest BCUT2D eigenvalue weighted by Gasteiger charge is 2.57. The molecule has 5 heterocycles. The van der Waals surface area contributed by atoms with Crippen molar-refractivity contribution >= 4 is 11.9 Å². The second kappa shape index (κ2) is 6.60. The van der Waals surface area contributed by atoms with Gasteiger partial charge in [0.1, 0.15) is 0 Å². The first kappa shape index (κ1) is 17.5. The van der Waals surface area contributed by atoms with Gasteiger partial charge < -0.3 is 20.3 Å². The standard InChI is InChI=1S/C21H27N7O/c1-29-3-2-27-10-15-16(11-27)19(15)18-6-17(13-7-23-20(22)24-8-13)25-21(26-18)28-9-12-4-14(28)5-12/h6-8,12,14-16,19H,2-5,9-11H2,1H3,(H2,22,23,24). The fourth-order valence-corrected chi connectivity index (χ4v) is 5.60. The zero-order chi connectivity index (χ0) is 19.5. The Morgan fingerprint density at radius 2 is 1.86 bits per heavy atom. The van der Waals surface area contributed by atoms with Crippen molar-refractivity contribution in [1.82, 2.24) is 24.8 Å². The number of likely N-dealkylation sites (tertiary alicyclic amines) is 1. The van der Waals surface area contributed by atoms with Crippen LogP contribution in [0.5, 0.6) is 0 Å². The molecular formula is C21H27N7O. The van der Waals surface area contributed by atoms with Gasteiger partial charge in [0.25, 0.3) is 0 Å². The van der Waals surface area contributed by atoms with Crippen molar-refractivity contribution < 1.29 is 4.74 Å². The lowest BCUT2D eigenvalue weighted by Gasteiger charge is -2.26. The molecule has 0 radical (unpaired) electrons. The van der Waals surface area contributed by atoms with Gasteiger partial charge in [-0.05, 0) is 36.7 Å². The van der Waals surface area contributed by atoms with E-state index in [1.165, 1.54) is 18.5 Å². The van der Waals surface area contributed by atoms with Gasteiger partial charge in [0.2, 0.25) is 11.9 Å². The van der Waals surface area contributed by atoms with Crippen LogP contribution in [0.2, 0.25) is 0 Å². The lowest BCUT2D eigenvalue weighted by molar-refractivity contribution is 0.153. The smallest absolute Gasteiger partial charge is 0.226 e. The zero-order valence-electron chi connectivity index (χ0n) is 16.7. The molecule has 3 saturated heterocycles. The average Bonchev–Trinajstić information content (AvgIpc) is 3.12. The van der Waals surface area contributed by atoms with Gasteiger partial charge in [-0.3, -0.25) is 0 Å². The van der Waals surface area contributed by atoms with E-state index in [-0.39, 0.29) is 5.95 Å². The second-order valence-corrected chi connectivity index (χ2v) is 9.06. The number of hydrogen-bond acceptors (Lipinski definition) is 8. The summed E-state index contributed by atoms with van der Waals surface area (Å²) in [7, 11) is 1.77. The molecule has 29 heavy (non-hydrogen) atoms. The van der Waals surface area contributed by atoms with Crippen LogP contribution in [0.15, 0.2) is 18.5 Å². The molecule has 152 valence electrons. The van der Waals surface area contributed by atoms with Gasteiger partial charge >= 0.3 is 0 Å². The number of aromatic nitrogens is 4. The van der Waals surface area contributed by atoms with Gasteiger partial charge in [0, 0.05) is 63.2 Å². The molecule has 3 aliphatic heterocycles. The zero-order valence-corrected chi connectivity index (χ0v) is 16.7. The first-order valence-electron chi connectivity index (χ1n) is 10.6. The summed E-state index contributed by atoms with van der Waals surface area (Å²) < 4.78 is 5.24. The topological polar surface area (TPSA) is 93.3 Å². The minimum absolute atomic E-state index is 0.288. The first-order chi connectivity index (χ1) is 14.2. The molecule has 2 aromatic rings. The van der Waals surface area contributed by atoms with Crippen LogP contribution >= 0.6 is 0 Å². The second-order valence-electron chi connectivity index (χ2n) is 9.06. The third-order valence-corrected chi connectivity index (χ3v) is 7.29. The minimum Gasteiger partial charge on any atom is -0.383 e. The maximum absolute atomic E-state index is 5.68. The number of nitrogens with two attached hydrogens (primary N) is 1. The van der Waals surface area contributed by atoms with E-state index in [1.807, 2.05) is 0 Å². The quantitative estimate of drug-likeness (QED) is 0.787. The molecule has 2 unspecified atom stereocenters. The molecular weight excluding hydrogens is 366 g/mol. The molecule has 8 nitrogen and oxygen atoms in total. The summed E-state index contributed by atoms with van der Waals surface area (Å²) in [4.78, 5) is 23.3. The van der Waals surface area contributed by atoms with Crippen LogP contribution in [-0.2, 0) is 4.74 Å². The van der Waals surface area contributed by atoms with Gasteiger partial charge in [-0.25, -0.2) is 19.9 Å². The van der Waals surface area contributed by atoms with Crippen molar-refractivity contribution in [2.24, 2.45) is 17.8 Å². The van der Waals surface area contributed by atoms with Gasteiger partial charge in [-0.15, -0.1) is 0 Å². The van der Waals surface area contributed by atoms with Crippen molar-refractivity contribution in [3.63, 3.8) is 0 Å². The summed E-state index contributed by atoms with van der Waals surface area (Å²) in [5, 5.41) is 0. The molecule has 5 fully saturated rings. The lowest BCUT2D eigenvalue weighted by Crippen LogP contribution is -2.30. The largest absolute Gasteiger partial charge is 0.383 e. The summed E-state index contributed by atoms with van der Waals surface area (Å²) in [5.41, 5.74) is 8.68. The maximum atomic E-state index is 5.68. The molecule has 2 aliphatic carbocycles. The number of methoxy groups -OCH3 is 1. The van der Waals surface area contributed by atoms with Crippen LogP contribution in [0.1, 0.15) is 24.5 Å². The summed E-state index contributed by atoms with van der Waals surface area (Å²) in [5.74, 6) is 3.96. The molecule has 2 saturated carbocycles. The monoisotopic (exact) mass is 393 g/mol. The van der Waals surface area contributed by atoms with E-state index in [2.05, 4.69) is 25.8 Å². The third kappa shape index (κ3) is 2.97. The number of fused-ring (bicyclic) bond motifs is 2. The minimum atomic E-state index is 0.288. The normalized spacial score (nSPS) is 32.3. The number of hydrogen-bond donors (Lipinski definition) is 1. The van der Waals surface area contributed by atoms with E-state index in [1.54, 1.807) is 19.5 Å². The fraction of sp³-hybridized carbons (Fsp3) is 0.619. The first-order valence-corrected chi connectivity index (χ1v) is 10.6. The van der Waals surface area contributed by atoms with Crippen molar-refractivity contribution in [2.45, 2.75) is 24.8 Å². The van der Waals surface area contributed by atoms with Crippen molar-refractivity contribution in [1.29, 1.82) is 0 Å². The van der Waals surface area contributed by atoms with E-state index in [0.29, 0.717) is 23.8 Å². The lowest BCUT2D eigenvalue weighted by atomic mass is 9.86. The van der Waals surface area contributed by atoms with Gasteiger partial charge in [-0.1, -0.05) is 0 Å². The number of ether oxygens (including phenoxy) is 1. The average molecular weight is 393 g/mol. The van der Waals surface area contributed by atoms with Crippen LogP contribution in [0.4, 0.5) is 11.9 Å². The Balaban J connectivity index is 1.29. The van der Waals surface area contributed by atoms with E-state index in [4.69, 9.17) is 20.4 Å². The Kier molecular flexibility index (Phi) is 3.99. The Morgan fingerprint density at radius 3 is 2.52 bits per heavy atom. The van der Waals surface area contributed by atoms with Crippen LogP contribution < -0.4 is 10.6 Å². The van der Waals surface area contributed by atoms with Crippen LogP contribution in [0.25, 0.3) is 11.3 Å². The number of rotatable bonds is 6.